The van der Waals surface area contributed by atoms with Crippen LogP contribution in [0.3, 0.4) is 0 Å². The summed E-state index contributed by atoms with van der Waals surface area (Å²) in [6.45, 7) is 4.70. The average Bonchev–Trinajstić information content (AvgIpc) is 2.65. The fourth-order valence-electron chi connectivity index (χ4n) is 3.52. The summed E-state index contributed by atoms with van der Waals surface area (Å²) < 4.78 is 5.11. The first-order valence-corrected chi connectivity index (χ1v) is 9.42. The second-order valence-electron chi connectivity index (χ2n) is 6.64. The molecule has 0 saturated carbocycles. The van der Waals surface area contributed by atoms with Crippen LogP contribution < -0.4 is 5.32 Å². The molecule has 3 rings (SSSR count). The first-order chi connectivity index (χ1) is 12.6. The number of rotatable bonds is 6. The van der Waals surface area contributed by atoms with Crippen LogP contribution in [0.2, 0.25) is 5.02 Å². The Bertz CT molecular complexity index is 713. The number of piperazine rings is 1. The molecule has 1 saturated heterocycles. The van der Waals surface area contributed by atoms with Crippen molar-refractivity contribution < 1.29 is 9.53 Å². The van der Waals surface area contributed by atoms with E-state index in [1.807, 2.05) is 18.2 Å². The van der Waals surface area contributed by atoms with Crippen LogP contribution in [0.15, 0.2) is 54.6 Å². The molecule has 2 atom stereocenters. The zero-order valence-electron chi connectivity index (χ0n) is 15.8. The molecular formula is C21H27Cl3N2O2. The number of halogens is 3. The highest BCUT2D eigenvalue weighted by Gasteiger charge is 2.27. The van der Waals surface area contributed by atoms with Gasteiger partial charge in [-0.1, -0.05) is 54.1 Å². The summed E-state index contributed by atoms with van der Waals surface area (Å²) >= 11 is 6.09. The minimum Gasteiger partial charge on any atom is -0.466 e. The molecule has 0 spiro atoms. The Balaban J connectivity index is 0.00000196. The van der Waals surface area contributed by atoms with Crippen LogP contribution in [0.4, 0.5) is 0 Å². The van der Waals surface area contributed by atoms with Crippen LogP contribution in [0, 0.1) is 0 Å². The molecule has 2 unspecified atom stereocenters. The van der Waals surface area contributed by atoms with Gasteiger partial charge in [0.25, 0.3) is 0 Å². The lowest BCUT2D eigenvalue weighted by Crippen LogP contribution is -2.52. The normalized spacial score (nSPS) is 17.7. The van der Waals surface area contributed by atoms with Crippen LogP contribution >= 0.6 is 36.4 Å². The molecule has 7 heteroatoms. The van der Waals surface area contributed by atoms with E-state index in [0.29, 0.717) is 12.6 Å². The van der Waals surface area contributed by atoms with Crippen molar-refractivity contribution in [3.8, 4) is 0 Å². The topological polar surface area (TPSA) is 41.6 Å². The third-order valence-electron chi connectivity index (χ3n) is 4.72. The largest absolute Gasteiger partial charge is 0.466 e. The maximum Gasteiger partial charge on any atom is 0.302 e. The van der Waals surface area contributed by atoms with Gasteiger partial charge in [0.05, 0.1) is 12.6 Å². The summed E-state index contributed by atoms with van der Waals surface area (Å²) in [7, 11) is 0. The summed E-state index contributed by atoms with van der Waals surface area (Å²) in [4.78, 5) is 13.5. The molecule has 0 amide bonds. The van der Waals surface area contributed by atoms with E-state index in [1.165, 1.54) is 18.1 Å². The summed E-state index contributed by atoms with van der Waals surface area (Å²) in [5.74, 6) is -0.221. The van der Waals surface area contributed by atoms with E-state index in [0.717, 1.165) is 31.1 Å². The van der Waals surface area contributed by atoms with Gasteiger partial charge in [0.2, 0.25) is 0 Å². The maximum atomic E-state index is 11.0. The Hall–Kier alpha value is -1.30. The maximum absolute atomic E-state index is 11.0. The number of benzene rings is 2. The van der Waals surface area contributed by atoms with Crippen molar-refractivity contribution in [3.63, 3.8) is 0 Å². The highest BCUT2D eigenvalue weighted by atomic mass is 35.5. The fourth-order valence-corrected chi connectivity index (χ4v) is 3.64. The Morgan fingerprint density at radius 2 is 1.79 bits per heavy atom. The Kier molecular flexibility index (Phi) is 10.9. The number of ether oxygens (including phenoxy) is 1. The van der Waals surface area contributed by atoms with Crippen molar-refractivity contribution in [2.45, 2.75) is 25.4 Å². The van der Waals surface area contributed by atoms with Crippen molar-refractivity contribution in [1.82, 2.24) is 10.2 Å². The average molecular weight is 446 g/mol. The van der Waals surface area contributed by atoms with Gasteiger partial charge in [-0.2, -0.15) is 0 Å². The second-order valence-corrected chi connectivity index (χ2v) is 7.08. The van der Waals surface area contributed by atoms with Gasteiger partial charge >= 0.3 is 5.97 Å². The Morgan fingerprint density at radius 1 is 1.14 bits per heavy atom. The molecule has 0 aliphatic carbocycles. The van der Waals surface area contributed by atoms with E-state index < -0.39 is 0 Å². The monoisotopic (exact) mass is 444 g/mol. The van der Waals surface area contributed by atoms with Gasteiger partial charge in [-0.25, -0.2) is 0 Å². The van der Waals surface area contributed by atoms with Crippen LogP contribution in [0.5, 0.6) is 0 Å². The molecular weight excluding hydrogens is 419 g/mol. The molecule has 0 aromatic heterocycles. The van der Waals surface area contributed by atoms with E-state index >= 15 is 0 Å². The van der Waals surface area contributed by atoms with E-state index in [4.69, 9.17) is 16.3 Å². The molecule has 0 bridgehead atoms. The van der Waals surface area contributed by atoms with Gasteiger partial charge < -0.3 is 10.1 Å². The van der Waals surface area contributed by atoms with Gasteiger partial charge in [0, 0.05) is 37.6 Å². The zero-order valence-corrected chi connectivity index (χ0v) is 18.2. The van der Waals surface area contributed by atoms with E-state index in [1.54, 1.807) is 0 Å². The summed E-state index contributed by atoms with van der Waals surface area (Å²) in [5.41, 5.74) is 2.51. The number of hydrogen-bond donors (Lipinski definition) is 1. The number of hydrogen-bond acceptors (Lipinski definition) is 4. The molecule has 4 nitrogen and oxygen atoms in total. The molecule has 1 heterocycles. The minimum absolute atomic E-state index is 0. The number of nitrogens with one attached hydrogen (secondary N) is 1. The fraction of sp³-hybridized carbons (Fsp3) is 0.381. The minimum atomic E-state index is -0.221. The molecule has 2 aromatic rings. The zero-order chi connectivity index (χ0) is 18.4. The highest BCUT2D eigenvalue weighted by Crippen LogP contribution is 2.30. The first-order valence-electron chi connectivity index (χ1n) is 9.04. The van der Waals surface area contributed by atoms with Gasteiger partial charge in [-0.15, -0.1) is 24.8 Å². The van der Waals surface area contributed by atoms with Crippen molar-refractivity contribution in [2.24, 2.45) is 0 Å². The van der Waals surface area contributed by atoms with Gasteiger partial charge in [0.15, 0.2) is 0 Å². The van der Waals surface area contributed by atoms with Crippen molar-refractivity contribution >= 4 is 42.4 Å². The lowest BCUT2D eigenvalue weighted by atomic mass is 9.95. The smallest absolute Gasteiger partial charge is 0.302 e. The van der Waals surface area contributed by atoms with Crippen LogP contribution in [-0.4, -0.2) is 43.2 Å². The third-order valence-corrected chi connectivity index (χ3v) is 4.98. The van der Waals surface area contributed by atoms with Gasteiger partial charge in [-0.05, 0) is 29.7 Å². The molecule has 154 valence electrons. The van der Waals surface area contributed by atoms with Crippen molar-refractivity contribution in [2.75, 3.05) is 26.2 Å². The van der Waals surface area contributed by atoms with E-state index in [-0.39, 0.29) is 36.8 Å². The standard InChI is InChI=1S/C21H25ClN2O2.2ClH/c1-16(25)26-14-11-20-15-24(13-12-23-20)21(17-5-3-2-4-6-17)18-7-9-19(22)10-8-18;;/h2-10,20-21,23H,11-15H2,1H3;2*1H. The quantitative estimate of drug-likeness (QED) is 0.665. The number of esters is 1. The highest BCUT2D eigenvalue weighted by molar-refractivity contribution is 6.30. The van der Waals surface area contributed by atoms with Crippen LogP contribution in [-0.2, 0) is 9.53 Å². The molecule has 1 aliphatic heterocycles. The van der Waals surface area contributed by atoms with E-state index in [2.05, 4.69) is 46.6 Å². The lowest BCUT2D eigenvalue weighted by Gasteiger charge is -2.39. The second kappa shape index (κ2) is 12.3. The molecule has 28 heavy (non-hydrogen) atoms. The molecule has 1 aliphatic rings. The predicted octanol–water partition coefficient (Wildman–Crippen LogP) is 4.50. The van der Waals surface area contributed by atoms with Gasteiger partial charge in [0.1, 0.15) is 0 Å². The van der Waals surface area contributed by atoms with Crippen molar-refractivity contribution in [1.29, 1.82) is 0 Å². The predicted molar refractivity (Wildman–Crippen MR) is 119 cm³/mol. The third kappa shape index (κ3) is 6.94. The molecule has 1 fully saturated rings. The summed E-state index contributed by atoms with van der Waals surface area (Å²) in [6.07, 6.45) is 0.818. The van der Waals surface area contributed by atoms with Crippen molar-refractivity contribution in [3.05, 3.63) is 70.7 Å². The first kappa shape index (κ1) is 24.7. The van der Waals surface area contributed by atoms with Crippen LogP contribution in [0.25, 0.3) is 0 Å². The Labute approximate surface area is 184 Å². The molecule has 0 radical (unpaired) electrons. The number of nitrogens with zero attached hydrogens (tertiary/aromatic N) is 1. The lowest BCUT2D eigenvalue weighted by molar-refractivity contribution is -0.141. The molecule has 2 aromatic carbocycles. The molecule has 1 N–H and O–H groups in total. The number of carbonyl (C=O) groups excluding carboxylic acids is 1. The Morgan fingerprint density at radius 3 is 2.43 bits per heavy atom. The summed E-state index contributed by atoms with van der Waals surface area (Å²) in [5, 5.41) is 4.29. The van der Waals surface area contributed by atoms with Crippen LogP contribution in [0.1, 0.15) is 30.5 Å². The van der Waals surface area contributed by atoms with Gasteiger partial charge in [-0.3, -0.25) is 9.69 Å². The number of carbonyl (C=O) groups is 1. The summed E-state index contributed by atoms with van der Waals surface area (Å²) in [6, 6.07) is 19.2. The van der Waals surface area contributed by atoms with E-state index in [9.17, 15) is 4.79 Å². The SMILES string of the molecule is CC(=O)OCCC1CN(C(c2ccccc2)c2ccc(Cl)cc2)CCN1.Cl.Cl.